The summed E-state index contributed by atoms with van der Waals surface area (Å²) in [5, 5.41) is 12.6. The lowest BCUT2D eigenvalue weighted by Gasteiger charge is -2.38. The van der Waals surface area contributed by atoms with Gasteiger partial charge in [0.25, 0.3) is 0 Å². The van der Waals surface area contributed by atoms with Gasteiger partial charge in [0, 0.05) is 37.0 Å². The Morgan fingerprint density at radius 3 is 2.21 bits per heavy atom. The van der Waals surface area contributed by atoms with E-state index < -0.39 is 81.6 Å². The maximum atomic E-state index is 14.2. The standard InChI is InChI=1S/C32H52F2N6O6S2/c1-30(2,3)21(16-36-48(9,45)46)38-29(44)39-25(31(4,5)6)28(43)40-17-19-23(32(19,7)8)24(40)27(42)37-20(15-22(33)34)26(41)35-13-12-18-11-10-14-47-18/h10-11,14,19-25,36H,12-13,15-17H2,1-9H3,(H,35,41)(H,37,42)(H2,38,39,44)/t19-,20-,21+,23-,24-,25+/m0/s1. The van der Waals surface area contributed by atoms with Crippen LogP contribution >= 0.6 is 11.3 Å². The van der Waals surface area contributed by atoms with E-state index in [1.54, 1.807) is 20.8 Å². The Bertz CT molecular complexity index is 1420. The van der Waals surface area contributed by atoms with Crippen LogP contribution in [-0.4, -0.2) is 93.6 Å². The minimum absolute atomic E-state index is 0.0350. The van der Waals surface area contributed by atoms with Crippen molar-refractivity contribution in [3.8, 4) is 0 Å². The first-order chi connectivity index (χ1) is 21.9. The van der Waals surface area contributed by atoms with Crippen LogP contribution in [0.15, 0.2) is 17.5 Å². The second-order valence-corrected chi connectivity index (χ2v) is 18.5. The van der Waals surface area contributed by atoms with E-state index in [-0.39, 0.29) is 36.9 Å². The summed E-state index contributed by atoms with van der Waals surface area (Å²) in [6.45, 7) is 15.1. The van der Waals surface area contributed by atoms with Gasteiger partial charge >= 0.3 is 6.03 Å². The number of rotatable bonds is 14. The number of nitrogens with one attached hydrogen (secondary N) is 5. The maximum Gasteiger partial charge on any atom is 0.315 e. The van der Waals surface area contributed by atoms with Crippen molar-refractivity contribution in [1.29, 1.82) is 0 Å². The van der Waals surface area contributed by atoms with E-state index in [1.807, 2.05) is 52.1 Å². The summed E-state index contributed by atoms with van der Waals surface area (Å²) in [5.74, 6) is -2.25. The van der Waals surface area contributed by atoms with Gasteiger partial charge in [-0.1, -0.05) is 61.5 Å². The number of nitrogens with zero attached hydrogens (tertiary/aromatic N) is 1. The number of sulfonamides is 1. The monoisotopic (exact) mass is 718 g/mol. The summed E-state index contributed by atoms with van der Waals surface area (Å²) in [4.78, 5) is 56.8. The van der Waals surface area contributed by atoms with E-state index in [0.717, 1.165) is 11.1 Å². The van der Waals surface area contributed by atoms with Crippen LogP contribution in [0.2, 0.25) is 0 Å². The topological polar surface area (TPSA) is 166 Å². The van der Waals surface area contributed by atoms with Crippen LogP contribution in [-0.2, 0) is 30.8 Å². The molecule has 5 N–H and O–H groups in total. The Hall–Kier alpha value is -2.85. The van der Waals surface area contributed by atoms with Gasteiger partial charge in [0.05, 0.1) is 6.26 Å². The highest BCUT2D eigenvalue weighted by Gasteiger charge is 2.70. The van der Waals surface area contributed by atoms with Crippen LogP contribution in [0.25, 0.3) is 0 Å². The van der Waals surface area contributed by atoms with E-state index in [0.29, 0.717) is 6.42 Å². The van der Waals surface area contributed by atoms with Crippen LogP contribution in [0.1, 0.15) is 66.7 Å². The molecular formula is C32H52F2N6O6S2. The number of piperidine rings is 1. The molecule has 1 aliphatic carbocycles. The number of hydrogen-bond donors (Lipinski definition) is 5. The minimum Gasteiger partial charge on any atom is -0.354 e. The highest BCUT2D eigenvalue weighted by atomic mass is 32.2. The van der Waals surface area contributed by atoms with Gasteiger partial charge in [0.1, 0.15) is 18.1 Å². The number of fused-ring (bicyclic) bond motifs is 1. The third-order valence-corrected chi connectivity index (χ3v) is 11.0. The van der Waals surface area contributed by atoms with Crippen LogP contribution in [0.5, 0.6) is 0 Å². The first-order valence-electron chi connectivity index (χ1n) is 16.1. The van der Waals surface area contributed by atoms with Gasteiger partial charge in [-0.15, -0.1) is 11.3 Å². The van der Waals surface area contributed by atoms with Gasteiger partial charge in [0.15, 0.2) is 0 Å². The zero-order valence-electron chi connectivity index (χ0n) is 29.3. The number of alkyl halides is 2. The average molecular weight is 719 g/mol. The lowest BCUT2D eigenvalue weighted by atomic mass is 9.85. The highest BCUT2D eigenvalue weighted by molar-refractivity contribution is 7.88. The van der Waals surface area contributed by atoms with Crippen molar-refractivity contribution in [3.05, 3.63) is 22.4 Å². The predicted molar refractivity (Wildman–Crippen MR) is 181 cm³/mol. The largest absolute Gasteiger partial charge is 0.354 e. The number of amides is 5. The lowest BCUT2D eigenvalue weighted by molar-refractivity contribution is -0.144. The van der Waals surface area contributed by atoms with E-state index in [2.05, 4.69) is 26.0 Å². The summed E-state index contributed by atoms with van der Waals surface area (Å²) in [7, 11) is -3.53. The minimum atomic E-state index is -3.53. The van der Waals surface area contributed by atoms with Gasteiger partial charge in [-0.05, 0) is 45.9 Å². The van der Waals surface area contributed by atoms with Crippen molar-refractivity contribution in [2.75, 3.05) is 25.9 Å². The SMILES string of the molecule is CC(C)(C)[C@H](NC(=O)N[C@H](CNS(C)(=O)=O)C(C)(C)C)C(=O)N1C[C@H]2[C@@H]([C@H]1C(=O)N[C@@H](CC(F)F)C(=O)NCCc1cccs1)C2(C)C. The molecule has 48 heavy (non-hydrogen) atoms. The van der Waals surface area contributed by atoms with Gasteiger partial charge in [-0.2, -0.15) is 0 Å². The maximum absolute atomic E-state index is 14.2. The van der Waals surface area contributed by atoms with Crippen molar-refractivity contribution in [2.45, 2.75) is 98.8 Å². The Labute approximate surface area is 287 Å². The Balaban J connectivity index is 1.78. The van der Waals surface area contributed by atoms with Crippen LogP contribution in [0.4, 0.5) is 13.6 Å². The zero-order valence-corrected chi connectivity index (χ0v) is 30.9. The predicted octanol–water partition coefficient (Wildman–Crippen LogP) is 2.71. The van der Waals surface area contributed by atoms with Crippen molar-refractivity contribution in [2.24, 2.45) is 28.1 Å². The van der Waals surface area contributed by atoms with E-state index in [1.165, 1.54) is 16.2 Å². The van der Waals surface area contributed by atoms with Gasteiger partial charge in [0.2, 0.25) is 34.2 Å². The first kappa shape index (κ1) is 39.6. The number of thiophene rings is 1. The Morgan fingerprint density at radius 2 is 1.69 bits per heavy atom. The molecule has 0 unspecified atom stereocenters. The summed E-state index contributed by atoms with van der Waals surface area (Å²) in [6.07, 6.45) is -2.21. The molecule has 2 aliphatic rings. The molecule has 5 amide bonds. The van der Waals surface area contributed by atoms with Crippen LogP contribution < -0.4 is 26.0 Å². The fraction of sp³-hybridized carbons (Fsp3) is 0.750. The molecule has 6 atom stereocenters. The first-order valence-corrected chi connectivity index (χ1v) is 18.9. The van der Waals surface area contributed by atoms with E-state index >= 15 is 0 Å². The van der Waals surface area contributed by atoms with Crippen LogP contribution in [0, 0.1) is 28.1 Å². The number of urea groups is 1. The number of carbonyl (C=O) groups excluding carboxylic acids is 4. The molecule has 3 rings (SSSR count). The molecule has 1 aromatic heterocycles. The smallest absolute Gasteiger partial charge is 0.315 e. The molecule has 1 aliphatic heterocycles. The number of halogens is 2. The highest BCUT2D eigenvalue weighted by Crippen LogP contribution is 2.65. The fourth-order valence-electron chi connectivity index (χ4n) is 6.32. The van der Waals surface area contributed by atoms with Gasteiger partial charge in [-0.25, -0.2) is 26.7 Å². The molecule has 16 heteroatoms. The quantitative estimate of drug-likeness (QED) is 0.199. The van der Waals surface area contributed by atoms with Gasteiger partial charge < -0.3 is 26.2 Å². The third-order valence-electron chi connectivity index (χ3n) is 9.35. The van der Waals surface area contributed by atoms with E-state index in [4.69, 9.17) is 0 Å². The molecule has 12 nitrogen and oxygen atoms in total. The van der Waals surface area contributed by atoms with Crippen molar-refractivity contribution in [3.63, 3.8) is 0 Å². The molecule has 0 bridgehead atoms. The fourth-order valence-corrected chi connectivity index (χ4v) is 7.50. The molecule has 1 saturated carbocycles. The van der Waals surface area contributed by atoms with Crippen LogP contribution in [0.3, 0.4) is 0 Å². The molecule has 1 aromatic rings. The summed E-state index contributed by atoms with van der Waals surface area (Å²) >= 11 is 1.51. The number of carbonyl (C=O) groups is 4. The Morgan fingerprint density at radius 1 is 1.04 bits per heavy atom. The van der Waals surface area contributed by atoms with E-state index in [9.17, 15) is 36.4 Å². The van der Waals surface area contributed by atoms with Crippen molar-refractivity contribution in [1.82, 2.24) is 30.9 Å². The van der Waals surface area contributed by atoms with Crippen molar-refractivity contribution < 1.29 is 36.4 Å². The molecule has 0 aromatic carbocycles. The Kier molecular flexibility index (Phi) is 12.3. The molecule has 0 spiro atoms. The lowest BCUT2D eigenvalue weighted by Crippen LogP contribution is -2.62. The summed E-state index contributed by atoms with van der Waals surface area (Å²) in [5.41, 5.74) is -1.67. The second-order valence-electron chi connectivity index (χ2n) is 15.7. The van der Waals surface area contributed by atoms with Gasteiger partial charge in [-0.3, -0.25) is 14.4 Å². The second kappa shape index (κ2) is 15.0. The zero-order chi connectivity index (χ0) is 36.4. The molecule has 1 saturated heterocycles. The molecule has 2 fully saturated rings. The molecule has 0 radical (unpaired) electrons. The molecule has 2 heterocycles. The normalized spacial score (nSPS) is 22.3. The molecular weight excluding hydrogens is 667 g/mol. The third kappa shape index (κ3) is 10.3. The summed E-state index contributed by atoms with van der Waals surface area (Å²) < 4.78 is 53.0. The number of likely N-dealkylation sites (tertiary alicyclic amines) is 1. The molecule has 272 valence electrons. The summed E-state index contributed by atoms with van der Waals surface area (Å²) in [6, 6.07) is -1.20. The number of hydrogen-bond acceptors (Lipinski definition) is 7. The van der Waals surface area contributed by atoms with Crippen molar-refractivity contribution >= 4 is 45.1 Å². The average Bonchev–Trinajstić information content (AvgIpc) is 3.36.